The van der Waals surface area contributed by atoms with Crippen LogP contribution in [0.5, 0.6) is 5.75 Å². The van der Waals surface area contributed by atoms with Gasteiger partial charge in [-0.05, 0) is 42.3 Å². The second-order valence-corrected chi connectivity index (χ2v) is 6.98. The summed E-state index contributed by atoms with van der Waals surface area (Å²) in [6.45, 7) is 1.99. The predicted molar refractivity (Wildman–Crippen MR) is 114 cm³/mol. The first-order valence-electron chi connectivity index (χ1n) is 9.46. The van der Waals surface area contributed by atoms with E-state index in [0.29, 0.717) is 5.75 Å². The molecular weight excluding hydrogens is 426 g/mol. The van der Waals surface area contributed by atoms with Crippen molar-refractivity contribution in [3.05, 3.63) is 94.5 Å². The highest BCUT2D eigenvalue weighted by Gasteiger charge is 2.19. The highest BCUT2D eigenvalue weighted by Crippen LogP contribution is 2.32. The standard InChI is InChI=1S/C23H19ClF2N2O3/c1-2-19(14-7-4-3-5-8-14)31-20-12-11-15(13-16(20)24)27-23(30)28-22(29)21-17(25)9-6-10-18(21)26/h3-13,19H,2H2,1H3,(H2,27,28,29,30). The number of hydrogen-bond donors (Lipinski definition) is 2. The number of urea groups is 1. The van der Waals surface area contributed by atoms with Crippen molar-refractivity contribution in [1.82, 2.24) is 5.32 Å². The minimum Gasteiger partial charge on any atom is -0.484 e. The first-order valence-corrected chi connectivity index (χ1v) is 9.84. The van der Waals surface area contributed by atoms with Crippen LogP contribution in [0.4, 0.5) is 19.3 Å². The van der Waals surface area contributed by atoms with Crippen LogP contribution in [0.2, 0.25) is 5.02 Å². The summed E-state index contributed by atoms with van der Waals surface area (Å²) in [7, 11) is 0. The maximum atomic E-state index is 13.7. The van der Waals surface area contributed by atoms with Gasteiger partial charge in [0.05, 0.1) is 5.02 Å². The normalized spacial score (nSPS) is 11.5. The van der Waals surface area contributed by atoms with Crippen molar-refractivity contribution < 1.29 is 23.1 Å². The third-order valence-electron chi connectivity index (χ3n) is 4.42. The minimum absolute atomic E-state index is 0.200. The number of anilines is 1. The number of ether oxygens (including phenoxy) is 1. The van der Waals surface area contributed by atoms with Crippen molar-refractivity contribution in [2.45, 2.75) is 19.4 Å². The Kier molecular flexibility index (Phi) is 7.20. The van der Waals surface area contributed by atoms with Gasteiger partial charge >= 0.3 is 6.03 Å². The van der Waals surface area contributed by atoms with Crippen molar-refractivity contribution in [2.75, 3.05) is 5.32 Å². The molecule has 3 rings (SSSR count). The number of imide groups is 1. The number of amides is 3. The Balaban J connectivity index is 1.66. The Morgan fingerprint density at radius 3 is 2.29 bits per heavy atom. The summed E-state index contributed by atoms with van der Waals surface area (Å²) in [4.78, 5) is 24.1. The highest BCUT2D eigenvalue weighted by molar-refractivity contribution is 6.32. The van der Waals surface area contributed by atoms with E-state index in [9.17, 15) is 18.4 Å². The van der Waals surface area contributed by atoms with E-state index >= 15 is 0 Å². The third kappa shape index (κ3) is 5.58. The van der Waals surface area contributed by atoms with Crippen LogP contribution in [-0.2, 0) is 0 Å². The van der Waals surface area contributed by atoms with Crippen LogP contribution in [0.3, 0.4) is 0 Å². The molecule has 8 heteroatoms. The molecule has 0 saturated heterocycles. The van der Waals surface area contributed by atoms with Crippen LogP contribution in [0.1, 0.15) is 35.4 Å². The van der Waals surface area contributed by atoms with Gasteiger partial charge < -0.3 is 10.1 Å². The molecule has 0 aliphatic heterocycles. The van der Waals surface area contributed by atoms with Crippen molar-refractivity contribution in [3.63, 3.8) is 0 Å². The zero-order valence-corrected chi connectivity index (χ0v) is 17.2. The summed E-state index contributed by atoms with van der Waals surface area (Å²) in [5.41, 5.74) is 0.428. The van der Waals surface area contributed by atoms with E-state index in [4.69, 9.17) is 16.3 Å². The number of carbonyl (C=O) groups excluding carboxylic acids is 2. The Bertz CT molecular complexity index is 1070. The first-order chi connectivity index (χ1) is 14.9. The zero-order chi connectivity index (χ0) is 22.4. The van der Waals surface area contributed by atoms with Gasteiger partial charge in [0, 0.05) is 5.69 Å². The molecule has 2 N–H and O–H groups in total. The molecular formula is C23H19ClF2N2O3. The minimum atomic E-state index is -1.20. The Morgan fingerprint density at radius 1 is 1.00 bits per heavy atom. The van der Waals surface area contributed by atoms with Crippen molar-refractivity contribution >= 4 is 29.2 Å². The van der Waals surface area contributed by atoms with Crippen LogP contribution in [0, 0.1) is 11.6 Å². The van der Waals surface area contributed by atoms with E-state index in [0.717, 1.165) is 30.2 Å². The number of rotatable bonds is 6. The maximum Gasteiger partial charge on any atom is 0.326 e. The average molecular weight is 445 g/mol. The smallest absolute Gasteiger partial charge is 0.326 e. The molecule has 160 valence electrons. The molecule has 0 aromatic heterocycles. The van der Waals surface area contributed by atoms with Crippen molar-refractivity contribution in [1.29, 1.82) is 0 Å². The lowest BCUT2D eigenvalue weighted by molar-refractivity contribution is 0.0959. The Labute approximate surface area is 183 Å². The van der Waals surface area contributed by atoms with Crippen LogP contribution < -0.4 is 15.4 Å². The average Bonchev–Trinajstić information content (AvgIpc) is 2.73. The third-order valence-corrected chi connectivity index (χ3v) is 4.71. The van der Waals surface area contributed by atoms with Gasteiger partial charge in [0.15, 0.2) is 0 Å². The van der Waals surface area contributed by atoms with Crippen LogP contribution in [0.15, 0.2) is 66.7 Å². The summed E-state index contributed by atoms with van der Waals surface area (Å²) in [5.74, 6) is -2.92. The topological polar surface area (TPSA) is 67.4 Å². The van der Waals surface area contributed by atoms with E-state index in [1.165, 1.54) is 12.1 Å². The number of hydrogen-bond acceptors (Lipinski definition) is 3. The monoisotopic (exact) mass is 444 g/mol. The lowest BCUT2D eigenvalue weighted by atomic mass is 10.1. The molecule has 0 bridgehead atoms. The summed E-state index contributed by atoms with van der Waals surface area (Å²) in [5, 5.41) is 4.52. The summed E-state index contributed by atoms with van der Waals surface area (Å²) >= 11 is 6.28. The van der Waals surface area contributed by atoms with Crippen molar-refractivity contribution in [2.24, 2.45) is 0 Å². The molecule has 0 aliphatic carbocycles. The van der Waals surface area contributed by atoms with Crippen LogP contribution >= 0.6 is 11.6 Å². The molecule has 3 amide bonds. The van der Waals surface area contributed by atoms with Gasteiger partial charge in [-0.25, -0.2) is 13.6 Å². The summed E-state index contributed by atoms with van der Waals surface area (Å²) in [6, 6.07) is 16.2. The quantitative estimate of drug-likeness (QED) is 0.482. The highest BCUT2D eigenvalue weighted by atomic mass is 35.5. The number of benzene rings is 3. The van der Waals surface area contributed by atoms with E-state index in [1.807, 2.05) is 42.6 Å². The molecule has 0 fully saturated rings. The van der Waals surface area contributed by atoms with Gasteiger partial charge in [-0.3, -0.25) is 10.1 Å². The number of halogens is 3. The lowest BCUT2D eigenvalue weighted by Gasteiger charge is -2.19. The van der Waals surface area contributed by atoms with Gasteiger partial charge in [-0.2, -0.15) is 0 Å². The molecule has 0 heterocycles. The number of nitrogens with one attached hydrogen (secondary N) is 2. The number of carbonyl (C=O) groups is 2. The molecule has 0 spiro atoms. The van der Waals surface area contributed by atoms with E-state index < -0.39 is 29.1 Å². The van der Waals surface area contributed by atoms with Gasteiger partial charge in [0.2, 0.25) is 0 Å². The van der Waals surface area contributed by atoms with Gasteiger partial charge in [0.1, 0.15) is 29.1 Å². The van der Waals surface area contributed by atoms with Gasteiger partial charge in [-0.1, -0.05) is 54.9 Å². The molecule has 0 saturated carbocycles. The van der Waals surface area contributed by atoms with Gasteiger partial charge in [-0.15, -0.1) is 0 Å². The van der Waals surface area contributed by atoms with E-state index in [1.54, 1.807) is 6.07 Å². The lowest BCUT2D eigenvalue weighted by Crippen LogP contribution is -2.35. The maximum absolute atomic E-state index is 13.7. The second-order valence-electron chi connectivity index (χ2n) is 6.58. The fourth-order valence-electron chi connectivity index (χ4n) is 2.92. The largest absolute Gasteiger partial charge is 0.484 e. The fourth-order valence-corrected chi connectivity index (χ4v) is 3.15. The molecule has 1 unspecified atom stereocenters. The summed E-state index contributed by atoms with van der Waals surface area (Å²) in [6.07, 6.45) is 0.520. The molecule has 3 aromatic carbocycles. The molecule has 1 atom stereocenters. The molecule has 5 nitrogen and oxygen atoms in total. The summed E-state index contributed by atoms with van der Waals surface area (Å²) < 4.78 is 33.3. The van der Waals surface area contributed by atoms with E-state index in [-0.39, 0.29) is 16.8 Å². The van der Waals surface area contributed by atoms with Gasteiger partial charge in [0.25, 0.3) is 5.91 Å². The molecule has 0 aliphatic rings. The first kappa shape index (κ1) is 22.2. The SMILES string of the molecule is CCC(Oc1ccc(NC(=O)NC(=O)c2c(F)cccc2F)cc1Cl)c1ccccc1. The second kappa shape index (κ2) is 10.0. The van der Waals surface area contributed by atoms with Crippen LogP contribution in [-0.4, -0.2) is 11.9 Å². The fraction of sp³-hybridized carbons (Fsp3) is 0.130. The zero-order valence-electron chi connectivity index (χ0n) is 16.5. The Morgan fingerprint density at radius 2 is 1.68 bits per heavy atom. The predicted octanol–water partition coefficient (Wildman–Crippen LogP) is 6.11. The van der Waals surface area contributed by atoms with E-state index in [2.05, 4.69) is 5.32 Å². The Hall–Kier alpha value is -3.45. The van der Waals surface area contributed by atoms with Crippen LogP contribution in [0.25, 0.3) is 0 Å². The molecule has 0 radical (unpaired) electrons. The van der Waals surface area contributed by atoms with Crippen molar-refractivity contribution in [3.8, 4) is 5.75 Å². The molecule has 31 heavy (non-hydrogen) atoms. The molecule has 3 aromatic rings.